The maximum Gasteiger partial charge on any atom is 0.196 e. The highest BCUT2D eigenvalue weighted by molar-refractivity contribution is 5.94. The van der Waals surface area contributed by atoms with Crippen LogP contribution < -0.4 is 5.32 Å². The van der Waals surface area contributed by atoms with Crippen LogP contribution in [0.5, 0.6) is 0 Å². The maximum absolute atomic E-state index is 14.0. The Hall–Kier alpha value is -2.56. The lowest BCUT2D eigenvalue weighted by Gasteiger charge is -2.11. The van der Waals surface area contributed by atoms with Crippen LogP contribution in [0.4, 0.5) is 18.9 Å². The van der Waals surface area contributed by atoms with Gasteiger partial charge in [-0.15, -0.1) is 0 Å². The quantitative estimate of drug-likeness (QED) is 0.709. The van der Waals surface area contributed by atoms with E-state index in [9.17, 15) is 13.2 Å². The van der Waals surface area contributed by atoms with Gasteiger partial charge in [0, 0.05) is 23.7 Å². The van der Waals surface area contributed by atoms with Gasteiger partial charge in [-0.1, -0.05) is 30.3 Å². The summed E-state index contributed by atoms with van der Waals surface area (Å²) in [6.45, 7) is 0. The van der Waals surface area contributed by atoms with Crippen molar-refractivity contribution in [2.45, 2.75) is 0 Å². The first-order valence-corrected chi connectivity index (χ1v) is 6.33. The number of pyridine rings is 1. The summed E-state index contributed by atoms with van der Waals surface area (Å²) in [6.07, 6.45) is 0. The molecule has 0 spiro atoms. The molecule has 0 saturated heterocycles. The lowest BCUT2D eigenvalue weighted by Crippen LogP contribution is -1.99. The monoisotopic (exact) mass is 288 g/mol. The predicted octanol–water partition coefficient (Wildman–Crippen LogP) is 4.36. The minimum Gasteiger partial charge on any atom is -0.388 e. The highest BCUT2D eigenvalue weighted by Gasteiger charge is 2.18. The lowest BCUT2D eigenvalue weighted by molar-refractivity contribution is 0.452. The summed E-state index contributed by atoms with van der Waals surface area (Å²) in [5.41, 5.74) is 1.54. The van der Waals surface area contributed by atoms with E-state index in [1.54, 1.807) is 13.1 Å². The lowest BCUT2D eigenvalue weighted by atomic mass is 10.1. The third-order valence-electron chi connectivity index (χ3n) is 3.28. The molecule has 0 atom stereocenters. The molecule has 21 heavy (non-hydrogen) atoms. The van der Waals surface area contributed by atoms with Crippen molar-refractivity contribution in [1.82, 2.24) is 4.98 Å². The van der Waals surface area contributed by atoms with E-state index >= 15 is 0 Å². The molecule has 0 fully saturated rings. The third kappa shape index (κ3) is 2.20. The Labute approximate surface area is 119 Å². The van der Waals surface area contributed by atoms with Crippen molar-refractivity contribution in [2.24, 2.45) is 0 Å². The van der Waals surface area contributed by atoms with Crippen LogP contribution in [0.3, 0.4) is 0 Å². The molecule has 106 valence electrons. The number of hydrogen-bond donors (Lipinski definition) is 1. The van der Waals surface area contributed by atoms with Crippen molar-refractivity contribution < 1.29 is 13.2 Å². The molecule has 3 rings (SSSR count). The summed E-state index contributed by atoms with van der Waals surface area (Å²) in [7, 11) is 1.63. The number of rotatable bonds is 2. The molecule has 2 nitrogen and oxygen atoms in total. The first kappa shape index (κ1) is 13.4. The molecule has 0 bridgehead atoms. The minimum atomic E-state index is -1.51. The van der Waals surface area contributed by atoms with Gasteiger partial charge in [0.05, 0.1) is 5.69 Å². The zero-order valence-electron chi connectivity index (χ0n) is 11.1. The van der Waals surface area contributed by atoms with Gasteiger partial charge in [-0.2, -0.15) is 0 Å². The zero-order valence-corrected chi connectivity index (χ0v) is 11.1. The van der Waals surface area contributed by atoms with Crippen LogP contribution in [-0.4, -0.2) is 12.0 Å². The molecular formula is C16H11F3N2. The van der Waals surface area contributed by atoms with Gasteiger partial charge >= 0.3 is 0 Å². The number of nitrogens with one attached hydrogen (secondary N) is 1. The Morgan fingerprint density at radius 2 is 1.67 bits per heavy atom. The second-order valence-electron chi connectivity index (χ2n) is 4.55. The SMILES string of the molecule is CNc1cc(-c2ccccc2)nc2c(F)c(F)c(F)cc12. The van der Waals surface area contributed by atoms with E-state index < -0.39 is 17.5 Å². The second-order valence-corrected chi connectivity index (χ2v) is 4.55. The fraction of sp³-hybridized carbons (Fsp3) is 0.0625. The standard InChI is InChI=1S/C16H11F3N2/c1-20-13-8-12(9-5-3-2-4-6-9)21-16-10(13)7-11(17)14(18)15(16)19/h2-8H,1H3,(H,20,21). The van der Waals surface area contributed by atoms with E-state index in [4.69, 9.17) is 0 Å². The largest absolute Gasteiger partial charge is 0.388 e. The Morgan fingerprint density at radius 3 is 2.33 bits per heavy atom. The normalized spacial score (nSPS) is 10.9. The average molecular weight is 288 g/mol. The number of benzene rings is 2. The van der Waals surface area contributed by atoms with Crippen molar-refractivity contribution in [2.75, 3.05) is 12.4 Å². The molecule has 0 aliphatic carbocycles. The van der Waals surface area contributed by atoms with Crippen molar-refractivity contribution in [3.63, 3.8) is 0 Å². The molecule has 1 heterocycles. The van der Waals surface area contributed by atoms with Crippen LogP contribution >= 0.6 is 0 Å². The molecule has 0 aliphatic heterocycles. The van der Waals surface area contributed by atoms with E-state index in [0.29, 0.717) is 11.4 Å². The van der Waals surface area contributed by atoms with Gasteiger partial charge in [0.2, 0.25) is 0 Å². The molecule has 1 N–H and O–H groups in total. The molecule has 0 radical (unpaired) electrons. The smallest absolute Gasteiger partial charge is 0.196 e. The number of nitrogens with zero attached hydrogens (tertiary/aromatic N) is 1. The van der Waals surface area contributed by atoms with Gasteiger partial charge in [-0.05, 0) is 12.1 Å². The number of aromatic nitrogens is 1. The average Bonchev–Trinajstić information content (AvgIpc) is 2.53. The fourth-order valence-corrected chi connectivity index (χ4v) is 2.23. The molecule has 5 heteroatoms. The number of fused-ring (bicyclic) bond motifs is 1. The molecule has 0 aliphatic rings. The van der Waals surface area contributed by atoms with Crippen LogP contribution in [-0.2, 0) is 0 Å². The molecule has 3 aromatic rings. The molecule has 2 aromatic carbocycles. The number of halogens is 3. The predicted molar refractivity (Wildman–Crippen MR) is 76.6 cm³/mol. The molecule has 0 saturated carbocycles. The summed E-state index contributed by atoms with van der Waals surface area (Å²) in [5.74, 6) is -4.02. The summed E-state index contributed by atoms with van der Waals surface area (Å²) < 4.78 is 40.8. The Balaban J connectivity index is 2.36. The molecule has 1 aromatic heterocycles. The number of hydrogen-bond acceptors (Lipinski definition) is 2. The maximum atomic E-state index is 14.0. The van der Waals surface area contributed by atoms with E-state index in [1.807, 2.05) is 30.3 Å². The van der Waals surface area contributed by atoms with Crippen molar-refractivity contribution in [1.29, 1.82) is 0 Å². The van der Waals surface area contributed by atoms with Gasteiger partial charge in [0.1, 0.15) is 5.52 Å². The first-order chi connectivity index (χ1) is 10.1. The Bertz CT molecular complexity index is 817. The summed E-state index contributed by atoms with van der Waals surface area (Å²) in [5, 5.41) is 3.06. The van der Waals surface area contributed by atoms with Gasteiger partial charge in [0.25, 0.3) is 0 Å². The highest BCUT2D eigenvalue weighted by atomic mass is 19.2. The Kier molecular flexibility index (Phi) is 3.25. The van der Waals surface area contributed by atoms with Crippen LogP contribution in [0.25, 0.3) is 22.2 Å². The van der Waals surface area contributed by atoms with Crippen molar-refractivity contribution >= 4 is 16.6 Å². The Morgan fingerprint density at radius 1 is 0.952 bits per heavy atom. The van der Waals surface area contributed by atoms with E-state index in [2.05, 4.69) is 10.3 Å². The molecule has 0 amide bonds. The zero-order chi connectivity index (χ0) is 15.0. The van der Waals surface area contributed by atoms with Crippen molar-refractivity contribution in [3.8, 4) is 11.3 Å². The first-order valence-electron chi connectivity index (χ1n) is 6.33. The number of anilines is 1. The molecule has 0 unspecified atom stereocenters. The van der Waals surface area contributed by atoms with E-state index in [1.165, 1.54) is 0 Å². The van der Waals surface area contributed by atoms with Crippen LogP contribution in [0.15, 0.2) is 42.5 Å². The second kappa shape index (κ2) is 5.09. The van der Waals surface area contributed by atoms with Gasteiger partial charge in [-0.25, -0.2) is 18.2 Å². The summed E-state index contributed by atoms with van der Waals surface area (Å²) in [6, 6.07) is 11.7. The van der Waals surface area contributed by atoms with Crippen LogP contribution in [0.2, 0.25) is 0 Å². The summed E-state index contributed by atoms with van der Waals surface area (Å²) >= 11 is 0. The van der Waals surface area contributed by atoms with Gasteiger partial charge < -0.3 is 5.32 Å². The fourth-order valence-electron chi connectivity index (χ4n) is 2.23. The van der Waals surface area contributed by atoms with Crippen LogP contribution in [0, 0.1) is 17.5 Å². The topological polar surface area (TPSA) is 24.9 Å². The van der Waals surface area contributed by atoms with Crippen LogP contribution in [0.1, 0.15) is 0 Å². The van der Waals surface area contributed by atoms with E-state index in [0.717, 1.165) is 11.6 Å². The van der Waals surface area contributed by atoms with Gasteiger partial charge in [-0.3, -0.25) is 0 Å². The minimum absolute atomic E-state index is 0.195. The summed E-state index contributed by atoms with van der Waals surface area (Å²) in [4.78, 5) is 4.13. The molecular weight excluding hydrogens is 277 g/mol. The highest BCUT2D eigenvalue weighted by Crippen LogP contribution is 2.31. The van der Waals surface area contributed by atoms with E-state index in [-0.39, 0.29) is 10.9 Å². The van der Waals surface area contributed by atoms with Gasteiger partial charge in [0.15, 0.2) is 17.5 Å². The third-order valence-corrected chi connectivity index (χ3v) is 3.28. The van der Waals surface area contributed by atoms with Crippen molar-refractivity contribution in [3.05, 3.63) is 59.9 Å².